The highest BCUT2D eigenvalue weighted by atomic mass is 19.1. The summed E-state index contributed by atoms with van der Waals surface area (Å²) in [6.45, 7) is 2.60. The molecule has 2 aromatic rings. The van der Waals surface area contributed by atoms with Crippen molar-refractivity contribution >= 4 is 17.3 Å². The summed E-state index contributed by atoms with van der Waals surface area (Å²) in [5.74, 6) is -0.874. The third-order valence-corrected chi connectivity index (χ3v) is 4.70. The van der Waals surface area contributed by atoms with Gasteiger partial charge in [0.2, 0.25) is 0 Å². The van der Waals surface area contributed by atoms with Gasteiger partial charge < -0.3 is 15.8 Å². The maximum absolute atomic E-state index is 13.7. The molecule has 0 aliphatic carbocycles. The van der Waals surface area contributed by atoms with Gasteiger partial charge in [-0.25, -0.2) is 4.39 Å². The summed E-state index contributed by atoms with van der Waals surface area (Å²) in [7, 11) is 0. The molecular formula is C19H21FN4O4. The van der Waals surface area contributed by atoms with Crippen molar-refractivity contribution < 1.29 is 18.8 Å². The van der Waals surface area contributed by atoms with Gasteiger partial charge in [0, 0.05) is 25.7 Å². The van der Waals surface area contributed by atoms with E-state index in [0.717, 1.165) is 5.56 Å². The molecule has 28 heavy (non-hydrogen) atoms. The van der Waals surface area contributed by atoms with Crippen LogP contribution in [0.3, 0.4) is 0 Å². The second kappa shape index (κ2) is 8.77. The monoisotopic (exact) mass is 388 g/mol. The van der Waals surface area contributed by atoms with Crippen LogP contribution in [0.4, 0.5) is 15.8 Å². The van der Waals surface area contributed by atoms with Crippen LogP contribution in [0.25, 0.3) is 0 Å². The van der Waals surface area contributed by atoms with Gasteiger partial charge in [0.05, 0.1) is 29.7 Å². The number of benzene rings is 2. The lowest BCUT2D eigenvalue weighted by molar-refractivity contribution is -0.383. The van der Waals surface area contributed by atoms with Gasteiger partial charge in [0.1, 0.15) is 11.5 Å². The minimum atomic E-state index is -0.630. The van der Waals surface area contributed by atoms with Crippen LogP contribution in [-0.4, -0.2) is 48.6 Å². The number of nitro groups is 1. The molecule has 2 aromatic carbocycles. The average molecular weight is 388 g/mol. The van der Waals surface area contributed by atoms with E-state index >= 15 is 0 Å². The minimum absolute atomic E-state index is 0.0363. The van der Waals surface area contributed by atoms with Crippen molar-refractivity contribution in [3.63, 3.8) is 0 Å². The number of carbonyl (C=O) groups is 1. The number of nitrogens with two attached hydrogens (primary N) is 1. The molecule has 1 saturated heterocycles. The van der Waals surface area contributed by atoms with E-state index in [2.05, 4.69) is 10.2 Å². The highest BCUT2D eigenvalue weighted by Gasteiger charge is 2.25. The van der Waals surface area contributed by atoms with Crippen molar-refractivity contribution in [3.8, 4) is 0 Å². The van der Waals surface area contributed by atoms with Crippen LogP contribution in [-0.2, 0) is 4.74 Å². The topological polar surface area (TPSA) is 111 Å². The summed E-state index contributed by atoms with van der Waals surface area (Å²) < 4.78 is 19.1. The number of nitrogens with zero attached hydrogens (tertiary/aromatic N) is 2. The molecule has 9 heteroatoms. The Labute approximate surface area is 161 Å². The van der Waals surface area contributed by atoms with Gasteiger partial charge in [-0.05, 0) is 23.8 Å². The molecular weight excluding hydrogens is 367 g/mol. The Bertz CT molecular complexity index is 871. The number of nitrogen functional groups attached to an aromatic ring is 1. The van der Waals surface area contributed by atoms with Crippen LogP contribution in [0.5, 0.6) is 0 Å². The molecule has 3 rings (SSSR count). The van der Waals surface area contributed by atoms with E-state index in [4.69, 9.17) is 10.5 Å². The number of anilines is 1. The fraction of sp³-hybridized carbons (Fsp3) is 0.316. The van der Waals surface area contributed by atoms with Crippen molar-refractivity contribution in [1.82, 2.24) is 10.2 Å². The summed E-state index contributed by atoms with van der Waals surface area (Å²) in [5, 5.41) is 13.8. The third-order valence-electron chi connectivity index (χ3n) is 4.70. The van der Waals surface area contributed by atoms with Crippen LogP contribution < -0.4 is 11.1 Å². The molecule has 1 fully saturated rings. The first-order valence-corrected chi connectivity index (χ1v) is 8.85. The molecule has 1 amide bonds. The van der Waals surface area contributed by atoms with Crippen molar-refractivity contribution in [1.29, 1.82) is 0 Å². The molecule has 0 spiro atoms. The number of nitrogens with one attached hydrogen (secondary N) is 1. The molecule has 1 aliphatic heterocycles. The normalized spacial score (nSPS) is 15.8. The minimum Gasteiger partial charge on any atom is -0.393 e. The SMILES string of the molecule is Nc1c(C(=O)NC[C@H](c2cccc(F)c2)N2CCOCC2)cccc1[N+](=O)[O-]. The van der Waals surface area contributed by atoms with Crippen LogP contribution >= 0.6 is 0 Å². The second-order valence-corrected chi connectivity index (χ2v) is 6.42. The Morgan fingerprint density at radius 3 is 2.68 bits per heavy atom. The van der Waals surface area contributed by atoms with Crippen LogP contribution in [0.1, 0.15) is 22.0 Å². The summed E-state index contributed by atoms with van der Waals surface area (Å²) in [6, 6.07) is 10.1. The molecule has 0 unspecified atom stereocenters. The number of ether oxygens (including phenoxy) is 1. The second-order valence-electron chi connectivity index (χ2n) is 6.42. The standard InChI is InChI=1S/C19H21FN4O4/c20-14-4-1-3-13(11-14)17(23-7-9-28-10-8-23)12-22-19(25)15-5-2-6-16(18(15)21)24(26)27/h1-6,11,17H,7-10,12,21H2,(H,22,25)/t17-/m1/s1. The first-order valence-electron chi connectivity index (χ1n) is 8.85. The summed E-state index contributed by atoms with van der Waals surface area (Å²) in [6.07, 6.45) is 0. The zero-order valence-corrected chi connectivity index (χ0v) is 15.1. The number of para-hydroxylation sites is 1. The number of amides is 1. The van der Waals surface area contributed by atoms with Gasteiger partial charge in [-0.2, -0.15) is 0 Å². The Hall–Kier alpha value is -3.04. The highest BCUT2D eigenvalue weighted by molar-refractivity contribution is 6.01. The van der Waals surface area contributed by atoms with Crippen molar-refractivity contribution in [2.45, 2.75) is 6.04 Å². The fourth-order valence-corrected chi connectivity index (χ4v) is 3.26. The maximum Gasteiger partial charge on any atom is 0.292 e. The zero-order valence-electron chi connectivity index (χ0n) is 15.1. The van der Waals surface area contributed by atoms with Crippen LogP contribution in [0.2, 0.25) is 0 Å². The van der Waals surface area contributed by atoms with Crippen molar-refractivity contribution in [2.24, 2.45) is 0 Å². The summed E-state index contributed by atoms with van der Waals surface area (Å²) in [4.78, 5) is 25.1. The first kappa shape index (κ1) is 19.7. The van der Waals surface area contributed by atoms with Gasteiger partial charge in [0.25, 0.3) is 11.6 Å². The molecule has 0 bridgehead atoms. The molecule has 8 nitrogen and oxygen atoms in total. The van der Waals surface area contributed by atoms with Gasteiger partial charge in [-0.1, -0.05) is 18.2 Å². The Kier molecular flexibility index (Phi) is 6.17. The maximum atomic E-state index is 13.7. The quantitative estimate of drug-likeness (QED) is 0.446. The molecule has 1 heterocycles. The van der Waals surface area contributed by atoms with Crippen LogP contribution in [0.15, 0.2) is 42.5 Å². The van der Waals surface area contributed by atoms with E-state index in [9.17, 15) is 19.3 Å². The predicted octanol–water partition coefficient (Wildman–Crippen LogP) is 2.12. The molecule has 0 aromatic heterocycles. The number of hydrogen-bond donors (Lipinski definition) is 2. The fourth-order valence-electron chi connectivity index (χ4n) is 3.26. The molecule has 1 atom stereocenters. The average Bonchev–Trinajstić information content (AvgIpc) is 2.69. The lowest BCUT2D eigenvalue weighted by atomic mass is 10.0. The van der Waals surface area contributed by atoms with E-state index in [1.807, 2.05) is 0 Å². The van der Waals surface area contributed by atoms with Crippen LogP contribution in [0, 0.1) is 15.9 Å². The lowest BCUT2D eigenvalue weighted by Gasteiger charge is -2.35. The van der Waals surface area contributed by atoms with E-state index in [0.29, 0.717) is 26.3 Å². The molecule has 0 radical (unpaired) electrons. The summed E-state index contributed by atoms with van der Waals surface area (Å²) >= 11 is 0. The molecule has 148 valence electrons. The van der Waals surface area contributed by atoms with Crippen molar-refractivity contribution in [3.05, 3.63) is 69.5 Å². The number of nitro benzene ring substituents is 1. The molecule has 1 aliphatic rings. The van der Waals surface area contributed by atoms with E-state index in [-0.39, 0.29) is 35.3 Å². The largest absolute Gasteiger partial charge is 0.393 e. The Morgan fingerprint density at radius 1 is 1.29 bits per heavy atom. The highest BCUT2D eigenvalue weighted by Crippen LogP contribution is 2.26. The first-order chi connectivity index (χ1) is 13.5. The Balaban J connectivity index is 1.79. The number of morpholine rings is 1. The van der Waals surface area contributed by atoms with E-state index < -0.39 is 10.8 Å². The van der Waals surface area contributed by atoms with E-state index in [1.165, 1.54) is 30.3 Å². The number of hydrogen-bond acceptors (Lipinski definition) is 6. The summed E-state index contributed by atoms with van der Waals surface area (Å²) in [5.41, 5.74) is 6.05. The predicted molar refractivity (Wildman–Crippen MR) is 101 cm³/mol. The number of rotatable bonds is 6. The number of halogens is 1. The van der Waals surface area contributed by atoms with Gasteiger partial charge in [-0.3, -0.25) is 19.8 Å². The van der Waals surface area contributed by atoms with Gasteiger partial charge in [0.15, 0.2) is 0 Å². The van der Waals surface area contributed by atoms with Gasteiger partial charge in [-0.15, -0.1) is 0 Å². The Morgan fingerprint density at radius 2 is 2.00 bits per heavy atom. The lowest BCUT2D eigenvalue weighted by Crippen LogP contribution is -2.44. The smallest absolute Gasteiger partial charge is 0.292 e. The van der Waals surface area contributed by atoms with E-state index in [1.54, 1.807) is 12.1 Å². The number of carbonyl (C=O) groups excluding carboxylic acids is 1. The zero-order chi connectivity index (χ0) is 20.1. The van der Waals surface area contributed by atoms with Gasteiger partial charge >= 0.3 is 0 Å². The molecule has 3 N–H and O–H groups in total. The third kappa shape index (κ3) is 4.44. The van der Waals surface area contributed by atoms with Crippen molar-refractivity contribution in [2.75, 3.05) is 38.6 Å². The molecule has 0 saturated carbocycles.